The molecule has 26 heavy (non-hydrogen) atoms. The minimum Gasteiger partial charge on any atom is -0.368 e. The molecule has 0 aromatic heterocycles. The maximum absolute atomic E-state index is 12.4. The molecule has 0 aliphatic carbocycles. The average Bonchev–Trinajstić information content (AvgIpc) is 2.66. The number of amides is 2. The number of piperazine rings is 1. The van der Waals surface area contributed by atoms with Gasteiger partial charge in [-0.25, -0.2) is 4.79 Å². The van der Waals surface area contributed by atoms with Crippen LogP contribution in [0.4, 0.5) is 10.5 Å². The third kappa shape index (κ3) is 4.37. The van der Waals surface area contributed by atoms with Gasteiger partial charge in [-0.15, -0.1) is 0 Å². The summed E-state index contributed by atoms with van der Waals surface area (Å²) in [5, 5.41) is 3.03. The first-order valence-electron chi connectivity index (χ1n) is 9.36. The molecule has 0 radical (unpaired) electrons. The van der Waals surface area contributed by atoms with Crippen LogP contribution in [0.5, 0.6) is 0 Å². The minimum absolute atomic E-state index is 0.0256. The Hall–Kier alpha value is -2.49. The number of carbonyl (C=O) groups excluding carboxylic acids is 1. The number of anilines is 1. The summed E-state index contributed by atoms with van der Waals surface area (Å²) in [6, 6.07) is 18.7. The Bertz CT molecular complexity index is 729. The molecule has 3 rings (SSSR count). The van der Waals surface area contributed by atoms with Gasteiger partial charge in [-0.2, -0.15) is 0 Å². The van der Waals surface area contributed by atoms with Gasteiger partial charge in [-0.3, -0.25) is 0 Å². The fourth-order valence-corrected chi connectivity index (χ4v) is 3.42. The van der Waals surface area contributed by atoms with Gasteiger partial charge in [0.05, 0.1) is 0 Å². The zero-order chi connectivity index (χ0) is 18.6. The molecule has 1 N–H and O–H groups in total. The lowest BCUT2D eigenvalue weighted by Gasteiger charge is -2.38. The number of hydrogen-bond donors (Lipinski definition) is 1. The molecule has 0 bridgehead atoms. The fourth-order valence-electron chi connectivity index (χ4n) is 3.42. The Morgan fingerprint density at radius 3 is 2.19 bits per heavy atom. The molecule has 2 amide bonds. The lowest BCUT2D eigenvalue weighted by atomic mass is 9.85. The second-order valence-corrected chi connectivity index (χ2v) is 7.89. The van der Waals surface area contributed by atoms with Crippen molar-refractivity contribution in [2.24, 2.45) is 0 Å². The highest BCUT2D eigenvalue weighted by atomic mass is 16.2. The van der Waals surface area contributed by atoms with Crippen molar-refractivity contribution in [3.05, 3.63) is 65.7 Å². The van der Waals surface area contributed by atoms with Crippen LogP contribution in [0, 0.1) is 0 Å². The molecule has 138 valence electrons. The fraction of sp³-hybridized carbons (Fsp3) is 0.409. The summed E-state index contributed by atoms with van der Waals surface area (Å²) in [4.78, 5) is 16.8. The molecule has 1 fully saturated rings. The van der Waals surface area contributed by atoms with Gasteiger partial charge in [0.15, 0.2) is 0 Å². The Labute approximate surface area is 156 Å². The Balaban J connectivity index is 1.57. The first kappa shape index (κ1) is 18.3. The molecule has 0 atom stereocenters. The smallest absolute Gasteiger partial charge is 0.317 e. The molecule has 4 heteroatoms. The van der Waals surface area contributed by atoms with Gasteiger partial charge in [0, 0.05) is 38.4 Å². The molecule has 0 spiro atoms. The van der Waals surface area contributed by atoms with Crippen LogP contribution in [0.1, 0.15) is 31.9 Å². The van der Waals surface area contributed by atoms with Crippen molar-refractivity contribution in [3.8, 4) is 0 Å². The summed E-state index contributed by atoms with van der Waals surface area (Å²) in [6.45, 7) is 10.6. The van der Waals surface area contributed by atoms with Crippen LogP contribution in [-0.4, -0.2) is 37.1 Å². The zero-order valence-corrected chi connectivity index (χ0v) is 16.0. The van der Waals surface area contributed by atoms with Gasteiger partial charge < -0.3 is 15.1 Å². The number of hydrogen-bond acceptors (Lipinski definition) is 2. The van der Waals surface area contributed by atoms with Crippen LogP contribution < -0.4 is 10.2 Å². The standard InChI is InChI=1S/C22H29N3O/c1-22(2,3)19-11-7-8-12-20(19)24-13-15-25(16-14-24)21(26)23-17-18-9-5-4-6-10-18/h4-12H,13-17H2,1-3H3,(H,23,26). The SMILES string of the molecule is CC(C)(C)c1ccccc1N1CCN(C(=O)NCc2ccccc2)CC1. The predicted octanol–water partition coefficient (Wildman–Crippen LogP) is 4.02. The number of nitrogens with zero attached hydrogens (tertiary/aromatic N) is 2. The molecule has 1 saturated heterocycles. The van der Waals surface area contributed by atoms with E-state index in [-0.39, 0.29) is 11.4 Å². The van der Waals surface area contributed by atoms with Crippen LogP contribution in [0.15, 0.2) is 54.6 Å². The van der Waals surface area contributed by atoms with E-state index in [1.54, 1.807) is 0 Å². The lowest BCUT2D eigenvalue weighted by molar-refractivity contribution is 0.194. The van der Waals surface area contributed by atoms with Gasteiger partial charge in [-0.05, 0) is 22.6 Å². The maximum atomic E-state index is 12.4. The largest absolute Gasteiger partial charge is 0.368 e. The van der Waals surface area contributed by atoms with E-state index in [0.29, 0.717) is 6.54 Å². The van der Waals surface area contributed by atoms with Crippen LogP contribution in [0.3, 0.4) is 0 Å². The molecule has 0 unspecified atom stereocenters. The van der Waals surface area contributed by atoms with Gasteiger partial charge in [0.25, 0.3) is 0 Å². The topological polar surface area (TPSA) is 35.6 Å². The van der Waals surface area contributed by atoms with Crippen molar-refractivity contribution < 1.29 is 4.79 Å². The van der Waals surface area contributed by atoms with Crippen molar-refractivity contribution in [2.45, 2.75) is 32.7 Å². The van der Waals surface area contributed by atoms with E-state index in [2.05, 4.69) is 55.3 Å². The van der Waals surface area contributed by atoms with Crippen LogP contribution in [0.2, 0.25) is 0 Å². The monoisotopic (exact) mass is 351 g/mol. The van der Waals surface area contributed by atoms with Crippen LogP contribution in [0.25, 0.3) is 0 Å². The number of para-hydroxylation sites is 1. The highest BCUT2D eigenvalue weighted by Gasteiger charge is 2.25. The maximum Gasteiger partial charge on any atom is 0.317 e. The Morgan fingerprint density at radius 2 is 1.54 bits per heavy atom. The lowest BCUT2D eigenvalue weighted by Crippen LogP contribution is -2.52. The Morgan fingerprint density at radius 1 is 0.923 bits per heavy atom. The molecule has 0 saturated carbocycles. The van der Waals surface area contributed by atoms with Gasteiger partial charge in [-0.1, -0.05) is 69.3 Å². The van der Waals surface area contributed by atoms with Crippen molar-refractivity contribution in [2.75, 3.05) is 31.1 Å². The van der Waals surface area contributed by atoms with E-state index in [9.17, 15) is 4.79 Å². The van der Waals surface area contributed by atoms with E-state index in [4.69, 9.17) is 0 Å². The van der Waals surface area contributed by atoms with Crippen LogP contribution in [-0.2, 0) is 12.0 Å². The summed E-state index contributed by atoms with van der Waals surface area (Å²) >= 11 is 0. The third-order valence-corrected chi connectivity index (χ3v) is 4.91. The van der Waals surface area contributed by atoms with E-state index < -0.39 is 0 Å². The number of nitrogens with one attached hydrogen (secondary N) is 1. The Kier molecular flexibility index (Phi) is 5.50. The second kappa shape index (κ2) is 7.81. The van der Waals surface area contributed by atoms with E-state index in [1.165, 1.54) is 11.3 Å². The normalized spacial score (nSPS) is 15.0. The molecule has 2 aromatic rings. The zero-order valence-electron chi connectivity index (χ0n) is 16.0. The van der Waals surface area contributed by atoms with Crippen molar-refractivity contribution in [1.82, 2.24) is 10.2 Å². The molecule has 4 nitrogen and oxygen atoms in total. The molecular weight excluding hydrogens is 322 g/mol. The summed E-state index contributed by atoms with van der Waals surface area (Å²) < 4.78 is 0. The van der Waals surface area contributed by atoms with Gasteiger partial charge in [0.2, 0.25) is 0 Å². The molecule has 1 aliphatic rings. The number of rotatable bonds is 3. The summed E-state index contributed by atoms with van der Waals surface area (Å²) in [6.07, 6.45) is 0. The van der Waals surface area contributed by atoms with Gasteiger partial charge in [0.1, 0.15) is 0 Å². The molecular formula is C22H29N3O. The molecule has 1 heterocycles. The first-order chi connectivity index (χ1) is 12.4. The van der Waals surface area contributed by atoms with Gasteiger partial charge >= 0.3 is 6.03 Å². The second-order valence-electron chi connectivity index (χ2n) is 7.89. The van der Waals surface area contributed by atoms with Crippen LogP contribution >= 0.6 is 0 Å². The predicted molar refractivity (Wildman–Crippen MR) is 108 cm³/mol. The minimum atomic E-state index is 0.0256. The number of benzene rings is 2. The molecule has 1 aliphatic heterocycles. The third-order valence-electron chi connectivity index (χ3n) is 4.91. The van der Waals surface area contributed by atoms with Crippen molar-refractivity contribution in [1.29, 1.82) is 0 Å². The van der Waals surface area contributed by atoms with E-state index in [1.807, 2.05) is 35.2 Å². The molecule has 2 aromatic carbocycles. The highest BCUT2D eigenvalue weighted by Crippen LogP contribution is 2.32. The number of urea groups is 1. The summed E-state index contributed by atoms with van der Waals surface area (Å²) in [7, 11) is 0. The summed E-state index contributed by atoms with van der Waals surface area (Å²) in [5.74, 6) is 0. The van der Waals surface area contributed by atoms with E-state index in [0.717, 1.165) is 31.7 Å². The van der Waals surface area contributed by atoms with Crippen molar-refractivity contribution >= 4 is 11.7 Å². The summed E-state index contributed by atoms with van der Waals surface area (Å²) in [5.41, 5.74) is 3.89. The first-order valence-corrected chi connectivity index (χ1v) is 9.36. The highest BCUT2D eigenvalue weighted by molar-refractivity contribution is 5.74. The average molecular weight is 351 g/mol. The van der Waals surface area contributed by atoms with Crippen molar-refractivity contribution in [3.63, 3.8) is 0 Å². The number of carbonyl (C=O) groups is 1. The quantitative estimate of drug-likeness (QED) is 0.907. The van der Waals surface area contributed by atoms with E-state index >= 15 is 0 Å².